The van der Waals surface area contributed by atoms with Crippen molar-refractivity contribution in [3.05, 3.63) is 22.7 Å². The van der Waals surface area contributed by atoms with Gasteiger partial charge in [-0.2, -0.15) is 0 Å². The molecule has 0 unspecified atom stereocenters. The summed E-state index contributed by atoms with van der Waals surface area (Å²) < 4.78 is 16.3. The van der Waals surface area contributed by atoms with Gasteiger partial charge in [-0.3, -0.25) is 5.32 Å². The molecule has 112 valence electrons. The number of halogens is 1. The second-order valence-electron chi connectivity index (χ2n) is 5.11. The zero-order valence-corrected chi connectivity index (χ0v) is 13.7. The summed E-state index contributed by atoms with van der Waals surface area (Å²) >= 11 is 3.39. The largest absolute Gasteiger partial charge is 0.490 e. The van der Waals surface area contributed by atoms with E-state index in [4.69, 9.17) is 14.2 Å². The number of rotatable bonds is 5. The van der Waals surface area contributed by atoms with Crippen LogP contribution in [-0.2, 0) is 9.47 Å². The van der Waals surface area contributed by atoms with Crippen molar-refractivity contribution >= 4 is 27.7 Å². The van der Waals surface area contributed by atoms with Crippen LogP contribution in [-0.4, -0.2) is 32.0 Å². The van der Waals surface area contributed by atoms with Gasteiger partial charge in [0.25, 0.3) is 0 Å². The van der Waals surface area contributed by atoms with Gasteiger partial charge in [0, 0.05) is 12.8 Å². The number of carbonyl (C=O) groups is 1. The number of anilines is 1. The van der Waals surface area contributed by atoms with Crippen LogP contribution >= 0.6 is 15.9 Å². The van der Waals surface area contributed by atoms with E-state index < -0.39 is 11.7 Å². The van der Waals surface area contributed by atoms with E-state index in [-0.39, 0.29) is 0 Å². The molecule has 0 aromatic heterocycles. The molecule has 1 amide bonds. The van der Waals surface area contributed by atoms with Gasteiger partial charge < -0.3 is 14.2 Å². The first kappa shape index (κ1) is 16.8. The number of amides is 1. The van der Waals surface area contributed by atoms with Gasteiger partial charge in [0.15, 0.2) is 0 Å². The van der Waals surface area contributed by atoms with Crippen LogP contribution in [0.15, 0.2) is 22.7 Å². The molecule has 0 aliphatic heterocycles. The predicted octanol–water partition coefficient (Wildman–Crippen LogP) is 3.82. The number of hydrogen-bond acceptors (Lipinski definition) is 4. The number of benzene rings is 1. The van der Waals surface area contributed by atoms with Gasteiger partial charge in [0.05, 0.1) is 11.1 Å². The lowest BCUT2D eigenvalue weighted by molar-refractivity contribution is 0.0636. The highest BCUT2D eigenvalue weighted by Crippen LogP contribution is 2.28. The molecule has 1 aromatic carbocycles. The van der Waals surface area contributed by atoms with Crippen molar-refractivity contribution in [2.24, 2.45) is 0 Å². The summed E-state index contributed by atoms with van der Waals surface area (Å²) in [6, 6.07) is 5.27. The zero-order chi connectivity index (χ0) is 15.2. The first-order valence-electron chi connectivity index (χ1n) is 6.23. The van der Waals surface area contributed by atoms with Crippen LogP contribution in [0.1, 0.15) is 20.8 Å². The second-order valence-corrected chi connectivity index (χ2v) is 5.97. The molecule has 1 aromatic rings. The first-order valence-corrected chi connectivity index (χ1v) is 7.02. The molecule has 1 N–H and O–H groups in total. The highest BCUT2D eigenvalue weighted by Gasteiger charge is 2.16. The minimum absolute atomic E-state index is 0.466. The quantitative estimate of drug-likeness (QED) is 0.824. The number of methoxy groups -OCH3 is 1. The fourth-order valence-corrected chi connectivity index (χ4v) is 1.85. The van der Waals surface area contributed by atoms with Crippen molar-refractivity contribution in [2.75, 3.05) is 25.6 Å². The van der Waals surface area contributed by atoms with Gasteiger partial charge in [-0.1, -0.05) is 0 Å². The Bertz CT molecular complexity index is 457. The zero-order valence-electron chi connectivity index (χ0n) is 12.2. The maximum Gasteiger partial charge on any atom is 0.412 e. The molecule has 0 bridgehead atoms. The van der Waals surface area contributed by atoms with Crippen LogP contribution < -0.4 is 10.1 Å². The Morgan fingerprint density at radius 2 is 2.00 bits per heavy atom. The summed E-state index contributed by atoms with van der Waals surface area (Å²) in [7, 11) is 1.62. The van der Waals surface area contributed by atoms with Gasteiger partial charge >= 0.3 is 6.09 Å². The molecule has 1 rings (SSSR count). The van der Waals surface area contributed by atoms with Crippen molar-refractivity contribution in [1.29, 1.82) is 0 Å². The normalized spacial score (nSPS) is 11.1. The molecule has 0 saturated carbocycles. The van der Waals surface area contributed by atoms with E-state index in [1.165, 1.54) is 0 Å². The smallest absolute Gasteiger partial charge is 0.412 e. The Balaban J connectivity index is 2.61. The van der Waals surface area contributed by atoms with Crippen molar-refractivity contribution in [3.8, 4) is 5.75 Å². The highest BCUT2D eigenvalue weighted by molar-refractivity contribution is 9.10. The second kappa shape index (κ2) is 7.50. The standard InChI is InChI=1S/C14H20BrNO4/c1-14(2,3)20-13(17)16-10-5-6-12(11(15)9-10)19-8-7-18-4/h5-6,9H,7-8H2,1-4H3,(H,16,17). The molecule has 0 heterocycles. The summed E-state index contributed by atoms with van der Waals surface area (Å²) in [5.74, 6) is 0.691. The first-order chi connectivity index (χ1) is 9.31. The van der Waals surface area contributed by atoms with Crippen molar-refractivity contribution in [1.82, 2.24) is 0 Å². The van der Waals surface area contributed by atoms with Crippen LogP contribution in [0.2, 0.25) is 0 Å². The Hall–Kier alpha value is -1.27. The van der Waals surface area contributed by atoms with E-state index in [1.807, 2.05) is 20.8 Å². The summed E-state index contributed by atoms with van der Waals surface area (Å²) in [5.41, 5.74) is 0.107. The van der Waals surface area contributed by atoms with Gasteiger partial charge in [0.1, 0.15) is 18.0 Å². The lowest BCUT2D eigenvalue weighted by Gasteiger charge is -2.19. The Morgan fingerprint density at radius 1 is 1.30 bits per heavy atom. The van der Waals surface area contributed by atoms with E-state index in [0.717, 1.165) is 4.47 Å². The molecule has 20 heavy (non-hydrogen) atoms. The third-order valence-electron chi connectivity index (χ3n) is 2.12. The fourth-order valence-electron chi connectivity index (χ4n) is 1.35. The predicted molar refractivity (Wildman–Crippen MR) is 81.4 cm³/mol. The summed E-state index contributed by atoms with van der Waals surface area (Å²) in [6.07, 6.45) is -0.488. The Labute approximate surface area is 127 Å². The van der Waals surface area contributed by atoms with Gasteiger partial charge in [0.2, 0.25) is 0 Å². The third-order valence-corrected chi connectivity index (χ3v) is 2.74. The van der Waals surface area contributed by atoms with Crippen molar-refractivity contribution < 1.29 is 19.0 Å². The molecule has 0 aliphatic rings. The number of nitrogens with one attached hydrogen (secondary N) is 1. The number of ether oxygens (including phenoxy) is 3. The van der Waals surface area contributed by atoms with E-state index in [2.05, 4.69) is 21.2 Å². The SMILES string of the molecule is COCCOc1ccc(NC(=O)OC(C)(C)C)cc1Br. The van der Waals surface area contributed by atoms with E-state index in [0.29, 0.717) is 24.7 Å². The molecule has 0 fully saturated rings. The fraction of sp³-hybridized carbons (Fsp3) is 0.500. The minimum Gasteiger partial charge on any atom is -0.490 e. The van der Waals surface area contributed by atoms with E-state index in [1.54, 1.807) is 25.3 Å². The van der Waals surface area contributed by atoms with E-state index >= 15 is 0 Å². The molecule has 0 spiro atoms. The molecule has 0 aliphatic carbocycles. The van der Waals surface area contributed by atoms with E-state index in [9.17, 15) is 4.79 Å². The molecule has 0 saturated heterocycles. The molecular formula is C14H20BrNO4. The molecule has 0 atom stereocenters. The lowest BCUT2D eigenvalue weighted by atomic mass is 10.2. The van der Waals surface area contributed by atoms with Crippen LogP contribution in [0.25, 0.3) is 0 Å². The number of hydrogen-bond donors (Lipinski definition) is 1. The van der Waals surface area contributed by atoms with Crippen LogP contribution in [0, 0.1) is 0 Å². The van der Waals surface area contributed by atoms with Crippen molar-refractivity contribution in [3.63, 3.8) is 0 Å². The molecule has 5 nitrogen and oxygen atoms in total. The average Bonchev–Trinajstić information content (AvgIpc) is 2.29. The summed E-state index contributed by atoms with van der Waals surface area (Å²) in [6.45, 7) is 6.43. The Morgan fingerprint density at radius 3 is 2.55 bits per heavy atom. The van der Waals surface area contributed by atoms with Gasteiger partial charge in [-0.05, 0) is 54.9 Å². The molecule has 0 radical (unpaired) electrons. The summed E-state index contributed by atoms with van der Waals surface area (Å²) in [4.78, 5) is 11.6. The minimum atomic E-state index is -0.523. The van der Waals surface area contributed by atoms with Gasteiger partial charge in [-0.25, -0.2) is 4.79 Å². The van der Waals surface area contributed by atoms with Crippen LogP contribution in [0.4, 0.5) is 10.5 Å². The number of carbonyl (C=O) groups excluding carboxylic acids is 1. The maximum atomic E-state index is 11.6. The molecule has 6 heteroatoms. The van der Waals surface area contributed by atoms with Crippen LogP contribution in [0.3, 0.4) is 0 Å². The third kappa shape index (κ3) is 6.25. The Kier molecular flexibility index (Phi) is 6.29. The van der Waals surface area contributed by atoms with Crippen molar-refractivity contribution in [2.45, 2.75) is 26.4 Å². The topological polar surface area (TPSA) is 56.8 Å². The summed E-state index contributed by atoms with van der Waals surface area (Å²) in [5, 5.41) is 2.66. The molecular weight excluding hydrogens is 326 g/mol. The average molecular weight is 346 g/mol. The highest BCUT2D eigenvalue weighted by atomic mass is 79.9. The maximum absolute atomic E-state index is 11.6. The monoisotopic (exact) mass is 345 g/mol. The lowest BCUT2D eigenvalue weighted by Crippen LogP contribution is -2.27. The van der Waals surface area contributed by atoms with Crippen LogP contribution in [0.5, 0.6) is 5.75 Å². The van der Waals surface area contributed by atoms with Gasteiger partial charge in [-0.15, -0.1) is 0 Å².